The zero-order chi connectivity index (χ0) is 17.6. The number of nitrogens with one attached hydrogen (secondary N) is 2. The van der Waals surface area contributed by atoms with E-state index in [1.165, 1.54) is 0 Å². The number of nitrogens with zero attached hydrogens (tertiary/aromatic N) is 2. The molecular formula is C19H21ClN6. The SMILES string of the molecule is C.Nc1cc(-c2ccccc2)[nH]n1.Nc1n[nH]c(-c2ccccc2)c1Cl. The highest BCUT2D eigenvalue weighted by Gasteiger charge is 2.08. The van der Waals surface area contributed by atoms with Crippen LogP contribution in [-0.4, -0.2) is 20.4 Å². The zero-order valence-corrected chi connectivity index (χ0v) is 14.0. The summed E-state index contributed by atoms with van der Waals surface area (Å²) in [5.41, 5.74) is 14.8. The van der Waals surface area contributed by atoms with Crippen molar-refractivity contribution < 1.29 is 0 Å². The Morgan fingerprint density at radius 3 is 1.81 bits per heavy atom. The van der Waals surface area contributed by atoms with Gasteiger partial charge in [-0.15, -0.1) is 0 Å². The molecule has 7 heteroatoms. The highest BCUT2D eigenvalue weighted by Crippen LogP contribution is 2.29. The number of H-pyrrole nitrogens is 2. The van der Waals surface area contributed by atoms with E-state index in [1.54, 1.807) is 0 Å². The molecule has 0 amide bonds. The van der Waals surface area contributed by atoms with E-state index < -0.39 is 0 Å². The van der Waals surface area contributed by atoms with Gasteiger partial charge in [0.2, 0.25) is 0 Å². The van der Waals surface area contributed by atoms with Gasteiger partial charge in [0.15, 0.2) is 5.82 Å². The van der Waals surface area contributed by atoms with E-state index in [2.05, 4.69) is 20.4 Å². The van der Waals surface area contributed by atoms with Gasteiger partial charge < -0.3 is 11.5 Å². The molecule has 0 saturated carbocycles. The molecule has 0 bridgehead atoms. The number of hydrogen-bond donors (Lipinski definition) is 4. The Bertz CT molecular complexity index is 931. The Hall–Kier alpha value is -3.25. The summed E-state index contributed by atoms with van der Waals surface area (Å²) in [6.07, 6.45) is 0. The van der Waals surface area contributed by atoms with Crippen LogP contribution in [0.2, 0.25) is 5.02 Å². The van der Waals surface area contributed by atoms with Gasteiger partial charge >= 0.3 is 0 Å². The molecular weight excluding hydrogens is 348 g/mol. The molecule has 2 heterocycles. The number of aromatic nitrogens is 4. The van der Waals surface area contributed by atoms with Crippen molar-refractivity contribution in [2.24, 2.45) is 0 Å². The number of hydrogen-bond acceptors (Lipinski definition) is 4. The largest absolute Gasteiger partial charge is 0.382 e. The molecule has 0 unspecified atom stereocenters. The first kappa shape index (κ1) is 19.1. The summed E-state index contributed by atoms with van der Waals surface area (Å²) >= 11 is 5.92. The number of nitrogen functional groups attached to an aromatic ring is 2. The van der Waals surface area contributed by atoms with E-state index in [9.17, 15) is 0 Å². The number of aromatic amines is 2. The number of halogens is 1. The molecule has 0 aliphatic rings. The third-order valence-electron chi connectivity index (χ3n) is 3.48. The van der Waals surface area contributed by atoms with Crippen LogP contribution in [-0.2, 0) is 0 Å². The minimum absolute atomic E-state index is 0. The zero-order valence-electron chi connectivity index (χ0n) is 13.3. The van der Waals surface area contributed by atoms with E-state index >= 15 is 0 Å². The molecule has 26 heavy (non-hydrogen) atoms. The van der Waals surface area contributed by atoms with Crippen molar-refractivity contribution in [2.75, 3.05) is 11.5 Å². The first-order chi connectivity index (χ1) is 12.1. The number of nitrogens with two attached hydrogens (primary N) is 2. The molecule has 0 aliphatic carbocycles. The van der Waals surface area contributed by atoms with E-state index in [0.29, 0.717) is 16.7 Å². The fourth-order valence-corrected chi connectivity index (χ4v) is 2.43. The fourth-order valence-electron chi connectivity index (χ4n) is 2.24. The highest BCUT2D eigenvalue weighted by molar-refractivity contribution is 6.35. The van der Waals surface area contributed by atoms with Gasteiger partial charge in [0.05, 0.1) is 11.4 Å². The third-order valence-corrected chi connectivity index (χ3v) is 3.86. The molecule has 2 aromatic carbocycles. The second-order valence-corrected chi connectivity index (χ2v) is 5.61. The Kier molecular flexibility index (Phi) is 6.41. The Labute approximate surface area is 157 Å². The van der Waals surface area contributed by atoms with E-state index in [-0.39, 0.29) is 7.43 Å². The van der Waals surface area contributed by atoms with Gasteiger partial charge in [0, 0.05) is 11.6 Å². The van der Waals surface area contributed by atoms with Gasteiger partial charge in [0.1, 0.15) is 10.8 Å². The average molecular weight is 369 g/mol. The van der Waals surface area contributed by atoms with Crippen molar-refractivity contribution in [3.63, 3.8) is 0 Å². The van der Waals surface area contributed by atoms with Crippen LogP contribution < -0.4 is 11.5 Å². The molecule has 0 atom stereocenters. The molecule has 0 fully saturated rings. The van der Waals surface area contributed by atoms with Crippen molar-refractivity contribution in [3.05, 3.63) is 71.8 Å². The molecule has 6 N–H and O–H groups in total. The lowest BCUT2D eigenvalue weighted by molar-refractivity contribution is 1.10. The van der Waals surface area contributed by atoms with Crippen LogP contribution in [0.1, 0.15) is 7.43 Å². The fraction of sp³-hybridized carbons (Fsp3) is 0.0526. The van der Waals surface area contributed by atoms with Crippen LogP contribution in [0, 0.1) is 0 Å². The van der Waals surface area contributed by atoms with Crippen molar-refractivity contribution in [1.29, 1.82) is 0 Å². The monoisotopic (exact) mass is 368 g/mol. The summed E-state index contributed by atoms with van der Waals surface area (Å²) in [6.45, 7) is 0. The van der Waals surface area contributed by atoms with Crippen LogP contribution >= 0.6 is 11.6 Å². The lowest BCUT2D eigenvalue weighted by Gasteiger charge is -1.96. The normalized spacial score (nSPS) is 9.73. The van der Waals surface area contributed by atoms with Crippen LogP contribution in [0.15, 0.2) is 66.7 Å². The summed E-state index contributed by atoms with van der Waals surface area (Å²) in [5, 5.41) is 13.8. The quantitative estimate of drug-likeness (QED) is 0.414. The molecule has 4 aromatic rings. The molecule has 0 aliphatic heterocycles. The first-order valence-corrected chi connectivity index (χ1v) is 7.94. The lowest BCUT2D eigenvalue weighted by Crippen LogP contribution is -1.83. The van der Waals surface area contributed by atoms with Gasteiger partial charge in [-0.25, -0.2) is 0 Å². The van der Waals surface area contributed by atoms with Crippen LogP contribution in [0.25, 0.3) is 22.5 Å². The van der Waals surface area contributed by atoms with Crippen LogP contribution in [0.4, 0.5) is 11.6 Å². The molecule has 6 nitrogen and oxygen atoms in total. The molecule has 4 rings (SSSR count). The van der Waals surface area contributed by atoms with Gasteiger partial charge in [-0.05, 0) is 5.56 Å². The molecule has 0 saturated heterocycles. The molecule has 0 spiro atoms. The van der Waals surface area contributed by atoms with E-state index in [1.807, 2.05) is 66.7 Å². The standard InChI is InChI=1S/C9H8ClN3.C9H9N3.CH4/c10-7-8(12-13-9(7)11)6-4-2-1-3-5-6;10-9-6-8(11-12-9)7-4-2-1-3-5-7;/h1-5H,(H3,11,12,13);1-6H,(H3,10,11,12);1H4. The Balaban J connectivity index is 0.000000180. The minimum Gasteiger partial charge on any atom is -0.382 e. The maximum absolute atomic E-state index is 5.92. The number of anilines is 2. The smallest absolute Gasteiger partial charge is 0.164 e. The Morgan fingerprint density at radius 1 is 0.769 bits per heavy atom. The second kappa shape index (κ2) is 8.73. The number of rotatable bonds is 2. The van der Waals surface area contributed by atoms with E-state index in [0.717, 1.165) is 22.5 Å². The number of benzene rings is 2. The predicted octanol–water partition coefficient (Wildman–Crippen LogP) is 4.61. The van der Waals surface area contributed by atoms with Gasteiger partial charge in [-0.3, -0.25) is 10.2 Å². The van der Waals surface area contributed by atoms with Crippen molar-refractivity contribution in [1.82, 2.24) is 20.4 Å². The average Bonchev–Trinajstić information content (AvgIpc) is 3.23. The minimum atomic E-state index is 0. The van der Waals surface area contributed by atoms with Crippen molar-refractivity contribution in [2.45, 2.75) is 7.43 Å². The van der Waals surface area contributed by atoms with Gasteiger partial charge in [0.25, 0.3) is 0 Å². The maximum atomic E-state index is 5.92. The Morgan fingerprint density at radius 2 is 1.35 bits per heavy atom. The van der Waals surface area contributed by atoms with Crippen LogP contribution in [0.5, 0.6) is 0 Å². The van der Waals surface area contributed by atoms with Gasteiger partial charge in [-0.2, -0.15) is 10.2 Å². The van der Waals surface area contributed by atoms with Crippen LogP contribution in [0.3, 0.4) is 0 Å². The molecule has 2 aromatic heterocycles. The summed E-state index contributed by atoms with van der Waals surface area (Å²) in [6, 6.07) is 21.5. The first-order valence-electron chi connectivity index (χ1n) is 7.56. The summed E-state index contributed by atoms with van der Waals surface area (Å²) in [4.78, 5) is 0. The van der Waals surface area contributed by atoms with Crippen molar-refractivity contribution in [3.8, 4) is 22.5 Å². The van der Waals surface area contributed by atoms with Crippen molar-refractivity contribution >= 4 is 23.2 Å². The summed E-state index contributed by atoms with van der Waals surface area (Å²) in [7, 11) is 0. The summed E-state index contributed by atoms with van der Waals surface area (Å²) < 4.78 is 0. The maximum Gasteiger partial charge on any atom is 0.164 e. The highest BCUT2D eigenvalue weighted by atomic mass is 35.5. The second-order valence-electron chi connectivity index (χ2n) is 5.24. The molecule has 0 radical (unpaired) electrons. The topological polar surface area (TPSA) is 109 Å². The summed E-state index contributed by atoms with van der Waals surface area (Å²) in [5.74, 6) is 0.856. The third kappa shape index (κ3) is 4.43. The molecule has 134 valence electrons. The van der Waals surface area contributed by atoms with Gasteiger partial charge in [-0.1, -0.05) is 79.7 Å². The lowest BCUT2D eigenvalue weighted by atomic mass is 10.1. The van der Waals surface area contributed by atoms with E-state index in [4.69, 9.17) is 23.1 Å². The predicted molar refractivity (Wildman–Crippen MR) is 109 cm³/mol.